The maximum absolute atomic E-state index is 13.1. The molecular weight excluding hydrogens is 428 g/mol. The molecule has 3 fully saturated rings. The van der Waals surface area contributed by atoms with E-state index < -0.39 is 11.0 Å². The Balaban J connectivity index is 1.39. The summed E-state index contributed by atoms with van der Waals surface area (Å²) < 4.78 is 5.32. The van der Waals surface area contributed by atoms with Crippen LogP contribution in [0, 0.1) is 12.8 Å². The highest BCUT2D eigenvalue weighted by Gasteiger charge is 2.58. The first kappa shape index (κ1) is 23.2. The van der Waals surface area contributed by atoms with Crippen LogP contribution in [0.5, 0.6) is 5.75 Å². The maximum Gasteiger partial charge on any atom is 0.246 e. The fraction of sp³-hybridized carbons (Fsp3) is 0.536. The van der Waals surface area contributed by atoms with Crippen LogP contribution in [-0.2, 0) is 10.2 Å². The van der Waals surface area contributed by atoms with E-state index in [1.54, 1.807) is 24.5 Å². The minimum absolute atomic E-state index is 0.0141. The molecule has 0 radical (unpaired) electrons. The fourth-order valence-electron chi connectivity index (χ4n) is 6.21. The average molecular weight is 465 g/mol. The van der Waals surface area contributed by atoms with E-state index in [2.05, 4.69) is 4.90 Å². The lowest BCUT2D eigenvalue weighted by Crippen LogP contribution is -2.67. The Kier molecular flexibility index (Phi) is 6.07. The monoisotopic (exact) mass is 464 g/mol. The predicted molar refractivity (Wildman–Crippen MR) is 131 cm³/mol. The molecule has 182 valence electrons. The van der Waals surface area contributed by atoms with Crippen LogP contribution in [0.1, 0.15) is 55.4 Å². The molecular formula is C28H36N2O4. The van der Waals surface area contributed by atoms with Gasteiger partial charge in [0.1, 0.15) is 11.5 Å². The first-order chi connectivity index (χ1) is 16.3. The number of hydrogen-bond acceptors (Lipinski definition) is 5. The summed E-state index contributed by atoms with van der Waals surface area (Å²) in [6, 6.07) is 9.26. The Hall–Kier alpha value is -2.57. The van der Waals surface area contributed by atoms with Crippen molar-refractivity contribution in [1.82, 2.24) is 9.80 Å². The van der Waals surface area contributed by atoms with E-state index in [0.29, 0.717) is 19.4 Å². The molecule has 1 aromatic carbocycles. The van der Waals surface area contributed by atoms with Gasteiger partial charge in [0.05, 0.1) is 11.9 Å². The van der Waals surface area contributed by atoms with Crippen LogP contribution in [0.25, 0.3) is 6.08 Å². The van der Waals surface area contributed by atoms with E-state index >= 15 is 0 Å². The van der Waals surface area contributed by atoms with Gasteiger partial charge in [-0.15, -0.1) is 0 Å². The quantitative estimate of drug-likeness (QED) is 0.630. The summed E-state index contributed by atoms with van der Waals surface area (Å²) in [5.74, 6) is 1.74. The number of piperidine rings is 1. The zero-order chi connectivity index (χ0) is 23.9. The van der Waals surface area contributed by atoms with E-state index in [9.17, 15) is 15.0 Å². The topological polar surface area (TPSA) is 77.2 Å². The smallest absolute Gasteiger partial charge is 0.246 e. The molecule has 3 aliphatic rings. The highest BCUT2D eigenvalue weighted by atomic mass is 16.3. The normalized spacial score (nSPS) is 29.8. The summed E-state index contributed by atoms with van der Waals surface area (Å²) in [4.78, 5) is 17.3. The summed E-state index contributed by atoms with van der Waals surface area (Å²) in [6.45, 7) is 4.53. The van der Waals surface area contributed by atoms with Crippen molar-refractivity contribution in [1.29, 1.82) is 0 Å². The van der Waals surface area contributed by atoms with E-state index in [0.717, 1.165) is 48.7 Å². The van der Waals surface area contributed by atoms with Gasteiger partial charge in [0.15, 0.2) is 0 Å². The second-order valence-corrected chi connectivity index (χ2v) is 10.7. The summed E-state index contributed by atoms with van der Waals surface area (Å²) in [6.07, 6.45) is 10.5. The first-order valence-corrected chi connectivity index (χ1v) is 12.5. The molecule has 2 saturated carbocycles. The third-order valence-corrected chi connectivity index (χ3v) is 8.52. The SMILES string of the molecule is Cc1occc1/C=C/C(=O)N(C)[C@H]1CC[C@]2(O)CN(CC3CC3)CC[C@@]2(c2cccc(O)c2)C1. The number of rotatable bonds is 6. The number of aliphatic hydroxyl groups is 1. The second-order valence-electron chi connectivity index (χ2n) is 10.7. The third-order valence-electron chi connectivity index (χ3n) is 8.52. The van der Waals surface area contributed by atoms with Crippen molar-refractivity contribution in [2.75, 3.05) is 26.7 Å². The molecule has 5 rings (SSSR count). The van der Waals surface area contributed by atoms with E-state index in [-0.39, 0.29) is 17.7 Å². The average Bonchev–Trinajstić information content (AvgIpc) is 3.54. The van der Waals surface area contributed by atoms with Crippen LogP contribution < -0.4 is 0 Å². The number of carbonyl (C=O) groups excluding carboxylic acids is 1. The van der Waals surface area contributed by atoms with E-state index in [1.165, 1.54) is 12.8 Å². The molecule has 6 heteroatoms. The predicted octanol–water partition coefficient (Wildman–Crippen LogP) is 4.10. The maximum atomic E-state index is 13.1. The molecule has 2 aliphatic carbocycles. The lowest BCUT2D eigenvalue weighted by molar-refractivity contribution is -0.144. The number of fused-ring (bicyclic) bond motifs is 1. The number of aromatic hydroxyl groups is 1. The minimum Gasteiger partial charge on any atom is -0.508 e. The number of likely N-dealkylation sites (tertiary alicyclic amines) is 1. The number of hydrogen-bond donors (Lipinski definition) is 2. The van der Waals surface area contributed by atoms with Crippen LogP contribution in [0.3, 0.4) is 0 Å². The van der Waals surface area contributed by atoms with Gasteiger partial charge >= 0.3 is 0 Å². The standard InChI is InChI=1S/C28H36N2O4/c1-20-22(11-15-34-20)8-9-26(32)29(2)24-10-12-28(33)19-30(18-21-6-7-21)14-13-27(28,17-24)23-4-3-5-25(31)16-23/h3-5,8-9,11,15-16,21,24,31,33H,6-7,10,12-14,17-19H2,1-2H3/b9-8+/t24-,27-,28-/m0/s1. The lowest BCUT2D eigenvalue weighted by Gasteiger charge is -2.59. The van der Waals surface area contributed by atoms with Crippen LogP contribution in [0.2, 0.25) is 0 Å². The lowest BCUT2D eigenvalue weighted by atomic mass is 9.55. The van der Waals surface area contributed by atoms with Gasteiger partial charge in [0.25, 0.3) is 0 Å². The summed E-state index contributed by atoms with van der Waals surface area (Å²) >= 11 is 0. The van der Waals surface area contributed by atoms with E-state index in [1.807, 2.05) is 43.1 Å². The number of amides is 1. The number of benzene rings is 1. The van der Waals surface area contributed by atoms with E-state index in [4.69, 9.17) is 4.42 Å². The Morgan fingerprint density at radius 3 is 2.79 bits per heavy atom. The largest absolute Gasteiger partial charge is 0.508 e. The Morgan fingerprint density at radius 2 is 2.09 bits per heavy atom. The fourth-order valence-corrected chi connectivity index (χ4v) is 6.21. The number of aryl methyl sites for hydroxylation is 1. The number of nitrogens with zero attached hydrogens (tertiary/aromatic N) is 2. The number of β-amino-alcohol motifs (C(OH)–C–C–N with tert-alkyl or cyclic N) is 1. The number of furan rings is 1. The first-order valence-electron chi connectivity index (χ1n) is 12.5. The molecule has 1 saturated heterocycles. The molecule has 2 N–H and O–H groups in total. The van der Waals surface area contributed by atoms with Crippen molar-refractivity contribution in [2.24, 2.45) is 5.92 Å². The highest BCUT2D eigenvalue weighted by molar-refractivity contribution is 5.92. The molecule has 34 heavy (non-hydrogen) atoms. The summed E-state index contributed by atoms with van der Waals surface area (Å²) in [7, 11) is 1.86. The molecule has 2 heterocycles. The van der Waals surface area contributed by atoms with Crippen LogP contribution in [-0.4, -0.2) is 64.2 Å². The van der Waals surface area contributed by atoms with Crippen molar-refractivity contribution in [3.8, 4) is 5.75 Å². The van der Waals surface area contributed by atoms with Crippen LogP contribution in [0.4, 0.5) is 0 Å². The molecule has 1 aromatic heterocycles. The number of phenols is 1. The van der Waals surface area contributed by atoms with Gasteiger partial charge in [0.2, 0.25) is 5.91 Å². The van der Waals surface area contributed by atoms with Crippen molar-refractivity contribution >= 4 is 12.0 Å². The number of phenolic OH excluding ortho intramolecular Hbond substituents is 1. The molecule has 6 nitrogen and oxygen atoms in total. The van der Waals surface area contributed by atoms with Gasteiger partial charge in [-0.25, -0.2) is 0 Å². The van der Waals surface area contributed by atoms with Gasteiger partial charge in [-0.2, -0.15) is 0 Å². The second kappa shape index (κ2) is 8.90. The van der Waals surface area contributed by atoms with Crippen LogP contribution in [0.15, 0.2) is 47.1 Å². The van der Waals surface area contributed by atoms with Gasteiger partial charge in [-0.1, -0.05) is 12.1 Å². The molecule has 0 bridgehead atoms. The Morgan fingerprint density at radius 1 is 1.26 bits per heavy atom. The Bertz CT molecular complexity index is 1070. The van der Waals surface area contributed by atoms with Crippen molar-refractivity contribution < 1.29 is 19.4 Å². The summed E-state index contributed by atoms with van der Waals surface area (Å²) in [5.41, 5.74) is 0.516. The summed E-state index contributed by atoms with van der Waals surface area (Å²) in [5, 5.41) is 22.4. The number of likely N-dealkylation sites (N-methyl/N-ethyl adjacent to an activating group) is 1. The van der Waals surface area contributed by atoms with Crippen LogP contribution >= 0.6 is 0 Å². The van der Waals surface area contributed by atoms with Crippen molar-refractivity contribution in [2.45, 2.75) is 62.5 Å². The number of carbonyl (C=O) groups is 1. The molecule has 3 atom stereocenters. The third kappa shape index (κ3) is 4.29. The van der Waals surface area contributed by atoms with Gasteiger partial charge in [0, 0.05) is 43.2 Å². The zero-order valence-electron chi connectivity index (χ0n) is 20.2. The molecule has 1 amide bonds. The molecule has 1 aliphatic heterocycles. The van der Waals surface area contributed by atoms with Crippen molar-refractivity contribution in [3.05, 3.63) is 59.6 Å². The van der Waals surface area contributed by atoms with Gasteiger partial charge in [-0.05, 0) is 87.7 Å². The molecule has 0 unspecified atom stereocenters. The van der Waals surface area contributed by atoms with Gasteiger partial charge < -0.3 is 24.4 Å². The minimum atomic E-state index is -0.877. The van der Waals surface area contributed by atoms with Crippen molar-refractivity contribution in [3.63, 3.8) is 0 Å². The van der Waals surface area contributed by atoms with Gasteiger partial charge in [-0.3, -0.25) is 4.79 Å². The molecule has 0 spiro atoms. The highest BCUT2D eigenvalue weighted by Crippen LogP contribution is 2.53. The zero-order valence-corrected chi connectivity index (χ0v) is 20.2. The molecule has 2 aromatic rings. The Labute approximate surface area is 201 Å².